The average Bonchev–Trinajstić information content (AvgIpc) is 2.67. The summed E-state index contributed by atoms with van der Waals surface area (Å²) in [5.74, 6) is 0.560. The second-order valence-corrected chi connectivity index (χ2v) is 6.12. The zero-order valence-corrected chi connectivity index (χ0v) is 16.1. The van der Waals surface area contributed by atoms with E-state index in [1.165, 1.54) is 6.07 Å². The highest BCUT2D eigenvalue weighted by Gasteiger charge is 2.00. The Bertz CT molecular complexity index is 704. The van der Waals surface area contributed by atoms with Crippen LogP contribution in [0.1, 0.15) is 18.1 Å². The van der Waals surface area contributed by atoms with Gasteiger partial charge in [-0.15, -0.1) is 0 Å². The lowest BCUT2D eigenvalue weighted by molar-refractivity contribution is 0.211. The Labute approximate surface area is 161 Å². The van der Waals surface area contributed by atoms with Crippen LogP contribution in [0.3, 0.4) is 0 Å². The molecule has 0 aliphatic rings. The fourth-order valence-corrected chi connectivity index (χ4v) is 2.56. The number of guanidine groups is 1. The molecule has 0 aliphatic carbocycles. The third-order valence-corrected chi connectivity index (χ3v) is 3.95. The molecule has 6 heteroatoms. The van der Waals surface area contributed by atoms with Gasteiger partial charge in [0.25, 0.3) is 0 Å². The maximum atomic E-state index is 13.2. The highest BCUT2D eigenvalue weighted by atomic mass is 19.1. The smallest absolute Gasteiger partial charge is 0.191 e. The van der Waals surface area contributed by atoms with Gasteiger partial charge in [-0.05, 0) is 48.7 Å². The summed E-state index contributed by atoms with van der Waals surface area (Å²) in [4.78, 5) is 4.62. The number of anilines is 1. The maximum absolute atomic E-state index is 13.2. The van der Waals surface area contributed by atoms with E-state index in [4.69, 9.17) is 4.74 Å². The number of halogens is 1. The molecule has 5 nitrogen and oxygen atoms in total. The van der Waals surface area contributed by atoms with Crippen molar-refractivity contribution in [3.05, 3.63) is 65.5 Å². The molecule has 0 heterocycles. The molecular formula is C21H29FN4O. The van der Waals surface area contributed by atoms with E-state index in [-0.39, 0.29) is 5.82 Å². The predicted octanol–water partition coefficient (Wildman–Crippen LogP) is 3.18. The molecule has 146 valence electrons. The zero-order chi connectivity index (χ0) is 19.3. The number of hydrogen-bond acceptors (Lipinski definition) is 3. The third kappa shape index (κ3) is 8.09. The highest BCUT2D eigenvalue weighted by molar-refractivity contribution is 5.79. The Morgan fingerprint density at radius 3 is 2.56 bits per heavy atom. The minimum atomic E-state index is -0.201. The van der Waals surface area contributed by atoms with E-state index in [0.717, 1.165) is 42.3 Å². The van der Waals surface area contributed by atoms with Gasteiger partial charge in [0, 0.05) is 32.4 Å². The van der Waals surface area contributed by atoms with Crippen LogP contribution in [0.4, 0.5) is 10.1 Å². The molecule has 27 heavy (non-hydrogen) atoms. The van der Waals surface area contributed by atoms with Crippen molar-refractivity contribution in [2.45, 2.75) is 19.9 Å². The number of benzene rings is 2. The van der Waals surface area contributed by atoms with Gasteiger partial charge in [0.2, 0.25) is 0 Å². The van der Waals surface area contributed by atoms with Gasteiger partial charge in [-0.25, -0.2) is 9.38 Å². The van der Waals surface area contributed by atoms with Crippen LogP contribution in [0.5, 0.6) is 0 Å². The van der Waals surface area contributed by atoms with Crippen LogP contribution in [0.15, 0.2) is 53.5 Å². The summed E-state index contributed by atoms with van der Waals surface area (Å²) < 4.78 is 18.3. The first kappa shape index (κ1) is 20.7. The van der Waals surface area contributed by atoms with Gasteiger partial charge in [0.05, 0.1) is 13.2 Å². The lowest BCUT2D eigenvalue weighted by Gasteiger charge is -2.11. The summed E-state index contributed by atoms with van der Waals surface area (Å²) in [5.41, 5.74) is 3.17. The third-order valence-electron chi connectivity index (χ3n) is 3.95. The number of ether oxygens (including phenoxy) is 1. The van der Waals surface area contributed by atoms with Crippen molar-refractivity contribution in [2.24, 2.45) is 4.99 Å². The van der Waals surface area contributed by atoms with Crippen LogP contribution in [0.25, 0.3) is 0 Å². The summed E-state index contributed by atoms with van der Waals surface area (Å²) >= 11 is 0. The number of hydrogen-bond donors (Lipinski definition) is 3. The van der Waals surface area contributed by atoms with Crippen LogP contribution in [-0.2, 0) is 17.7 Å². The van der Waals surface area contributed by atoms with E-state index in [1.807, 2.05) is 25.1 Å². The molecule has 0 radical (unpaired) electrons. The lowest BCUT2D eigenvalue weighted by Crippen LogP contribution is -2.38. The molecule has 0 atom stereocenters. The van der Waals surface area contributed by atoms with Crippen molar-refractivity contribution < 1.29 is 9.13 Å². The zero-order valence-electron chi connectivity index (χ0n) is 16.1. The van der Waals surface area contributed by atoms with Crippen LogP contribution >= 0.6 is 0 Å². The van der Waals surface area contributed by atoms with Crippen molar-refractivity contribution in [3.8, 4) is 0 Å². The fourth-order valence-electron chi connectivity index (χ4n) is 2.56. The second kappa shape index (κ2) is 11.9. The molecule has 2 aromatic rings. The van der Waals surface area contributed by atoms with E-state index < -0.39 is 0 Å². The Balaban J connectivity index is 1.83. The summed E-state index contributed by atoms with van der Waals surface area (Å²) in [7, 11) is 1.69. The highest BCUT2D eigenvalue weighted by Crippen LogP contribution is 2.10. The van der Waals surface area contributed by atoms with Crippen LogP contribution in [0.2, 0.25) is 0 Å². The summed E-state index contributed by atoms with van der Waals surface area (Å²) in [6.45, 7) is 5.57. The van der Waals surface area contributed by atoms with Crippen LogP contribution in [-0.4, -0.2) is 39.3 Å². The average molecular weight is 372 g/mol. The van der Waals surface area contributed by atoms with Crippen molar-refractivity contribution in [1.82, 2.24) is 10.6 Å². The first-order valence-electron chi connectivity index (χ1n) is 9.29. The molecule has 0 saturated carbocycles. The topological polar surface area (TPSA) is 57.7 Å². The number of rotatable bonds is 10. The largest absolute Gasteiger partial charge is 0.383 e. The van der Waals surface area contributed by atoms with Gasteiger partial charge in [-0.1, -0.05) is 24.3 Å². The van der Waals surface area contributed by atoms with E-state index in [2.05, 4.69) is 33.1 Å². The van der Waals surface area contributed by atoms with Crippen LogP contribution in [0, 0.1) is 5.82 Å². The van der Waals surface area contributed by atoms with E-state index in [1.54, 1.807) is 19.2 Å². The Morgan fingerprint density at radius 2 is 1.85 bits per heavy atom. The second-order valence-electron chi connectivity index (χ2n) is 6.12. The van der Waals surface area contributed by atoms with Gasteiger partial charge >= 0.3 is 0 Å². The summed E-state index contributed by atoms with van der Waals surface area (Å²) in [6, 6.07) is 14.9. The fraction of sp³-hybridized carbons (Fsp3) is 0.381. The maximum Gasteiger partial charge on any atom is 0.191 e. The monoisotopic (exact) mass is 372 g/mol. The molecule has 0 fully saturated rings. The van der Waals surface area contributed by atoms with Crippen molar-refractivity contribution in [2.75, 3.05) is 38.7 Å². The molecule has 0 unspecified atom stereocenters. The van der Waals surface area contributed by atoms with Crippen molar-refractivity contribution in [3.63, 3.8) is 0 Å². The van der Waals surface area contributed by atoms with E-state index in [9.17, 15) is 4.39 Å². The quantitative estimate of drug-likeness (QED) is 0.341. The molecule has 3 N–H and O–H groups in total. The number of nitrogens with zero attached hydrogens (tertiary/aromatic N) is 1. The van der Waals surface area contributed by atoms with Crippen LogP contribution < -0.4 is 16.0 Å². The Morgan fingerprint density at radius 1 is 1.04 bits per heavy atom. The minimum absolute atomic E-state index is 0.201. The van der Waals surface area contributed by atoms with Gasteiger partial charge in [-0.3, -0.25) is 0 Å². The standard InChI is InChI=1S/C21H29FN4O/c1-3-23-21(25-12-11-17-5-4-6-19(22)15-17)26-16-18-7-9-20(10-8-18)24-13-14-27-2/h4-10,15,24H,3,11-14,16H2,1-2H3,(H2,23,25,26). The Kier molecular flexibility index (Phi) is 9.13. The molecule has 2 rings (SSSR count). The molecule has 0 spiro atoms. The number of nitrogens with one attached hydrogen (secondary N) is 3. The first-order valence-corrected chi connectivity index (χ1v) is 9.29. The van der Waals surface area contributed by atoms with Crippen molar-refractivity contribution >= 4 is 11.6 Å². The van der Waals surface area contributed by atoms with E-state index in [0.29, 0.717) is 19.7 Å². The van der Waals surface area contributed by atoms with Crippen molar-refractivity contribution in [1.29, 1.82) is 0 Å². The van der Waals surface area contributed by atoms with Gasteiger partial charge in [-0.2, -0.15) is 0 Å². The van der Waals surface area contributed by atoms with Gasteiger partial charge < -0.3 is 20.7 Å². The molecule has 0 bridgehead atoms. The minimum Gasteiger partial charge on any atom is -0.383 e. The summed E-state index contributed by atoms with van der Waals surface area (Å²) in [5, 5.41) is 9.82. The molecule has 0 aromatic heterocycles. The molecular weight excluding hydrogens is 343 g/mol. The Hall–Kier alpha value is -2.60. The molecule has 0 amide bonds. The number of aliphatic imine (C=N–C) groups is 1. The molecule has 2 aromatic carbocycles. The lowest BCUT2D eigenvalue weighted by atomic mass is 10.1. The molecule has 0 saturated heterocycles. The predicted molar refractivity (Wildman–Crippen MR) is 110 cm³/mol. The number of methoxy groups -OCH3 is 1. The summed E-state index contributed by atoms with van der Waals surface area (Å²) in [6.07, 6.45) is 0.740. The van der Waals surface area contributed by atoms with Gasteiger partial charge in [0.15, 0.2) is 5.96 Å². The van der Waals surface area contributed by atoms with Gasteiger partial charge in [0.1, 0.15) is 5.82 Å². The molecule has 0 aliphatic heterocycles. The first-order chi connectivity index (χ1) is 13.2. The van der Waals surface area contributed by atoms with E-state index >= 15 is 0 Å². The SMILES string of the molecule is CCNC(=NCc1ccc(NCCOC)cc1)NCCc1cccc(F)c1. The normalized spacial score (nSPS) is 11.3.